The van der Waals surface area contributed by atoms with Gasteiger partial charge < -0.3 is 9.80 Å². The number of carbonyl (C=O) groups excluding carboxylic acids is 4. The van der Waals surface area contributed by atoms with E-state index in [1.54, 1.807) is 13.8 Å². The molecule has 0 bridgehead atoms. The van der Waals surface area contributed by atoms with E-state index in [1.807, 2.05) is 0 Å². The number of urea groups is 2. The predicted molar refractivity (Wildman–Crippen MR) is 63.8 cm³/mol. The van der Waals surface area contributed by atoms with Gasteiger partial charge in [-0.25, -0.2) is 9.59 Å². The quantitative estimate of drug-likeness (QED) is 0.712. The number of hydrogen-bond acceptors (Lipinski definition) is 4. The normalized spacial score (nSPS) is 28.3. The van der Waals surface area contributed by atoms with Gasteiger partial charge in [-0.05, 0) is 13.8 Å². The second-order valence-corrected chi connectivity index (χ2v) is 4.89. The van der Waals surface area contributed by atoms with Gasteiger partial charge >= 0.3 is 12.1 Å². The molecular weight excluding hydrogens is 252 g/mol. The zero-order valence-corrected chi connectivity index (χ0v) is 10.8. The summed E-state index contributed by atoms with van der Waals surface area (Å²) in [4.78, 5) is 48.7. The third kappa shape index (κ3) is 2.67. The maximum absolute atomic E-state index is 11.7. The highest BCUT2D eigenvalue weighted by molar-refractivity contribution is 5.98. The van der Waals surface area contributed by atoms with Gasteiger partial charge in [-0.2, -0.15) is 0 Å². The Hall–Kier alpha value is -2.12. The van der Waals surface area contributed by atoms with Crippen LogP contribution in [0.5, 0.6) is 0 Å². The fourth-order valence-electron chi connectivity index (χ4n) is 2.21. The van der Waals surface area contributed by atoms with Crippen molar-refractivity contribution in [3.05, 3.63) is 0 Å². The summed E-state index contributed by atoms with van der Waals surface area (Å²) in [5.41, 5.74) is 0. The molecule has 104 valence electrons. The van der Waals surface area contributed by atoms with Crippen LogP contribution in [-0.2, 0) is 9.59 Å². The molecule has 2 atom stereocenters. The molecule has 0 spiro atoms. The van der Waals surface area contributed by atoms with E-state index in [0.29, 0.717) is 0 Å². The summed E-state index contributed by atoms with van der Waals surface area (Å²) in [6.07, 6.45) is 0.406. The van der Waals surface area contributed by atoms with E-state index in [9.17, 15) is 19.2 Å². The van der Waals surface area contributed by atoms with Crippen molar-refractivity contribution in [1.82, 2.24) is 20.4 Å². The summed E-state index contributed by atoms with van der Waals surface area (Å²) >= 11 is 0. The van der Waals surface area contributed by atoms with Crippen LogP contribution in [0.3, 0.4) is 0 Å². The topological polar surface area (TPSA) is 98.8 Å². The average Bonchev–Trinajstić information content (AvgIpc) is 2.25. The Morgan fingerprint density at radius 3 is 1.58 bits per heavy atom. The van der Waals surface area contributed by atoms with Gasteiger partial charge in [0, 0.05) is 24.9 Å². The largest absolute Gasteiger partial charge is 0.325 e. The molecule has 0 aromatic rings. The maximum atomic E-state index is 11.7. The molecule has 0 saturated carbocycles. The minimum absolute atomic E-state index is 0.0561. The van der Waals surface area contributed by atoms with Crippen LogP contribution in [-0.4, -0.2) is 52.4 Å². The highest BCUT2D eigenvalue weighted by Crippen LogP contribution is 2.15. The number of rotatable bonds is 2. The molecule has 2 aliphatic rings. The van der Waals surface area contributed by atoms with Crippen molar-refractivity contribution in [3.63, 3.8) is 0 Å². The molecule has 2 N–H and O–H groups in total. The number of amides is 6. The Bertz CT molecular complexity index is 410. The highest BCUT2D eigenvalue weighted by atomic mass is 16.2. The van der Waals surface area contributed by atoms with Crippen LogP contribution in [0.15, 0.2) is 0 Å². The summed E-state index contributed by atoms with van der Waals surface area (Å²) in [6.45, 7) is 3.54. The lowest BCUT2D eigenvalue weighted by molar-refractivity contribution is -0.123. The summed E-state index contributed by atoms with van der Waals surface area (Å²) in [7, 11) is 0. The van der Waals surface area contributed by atoms with E-state index in [2.05, 4.69) is 10.6 Å². The van der Waals surface area contributed by atoms with Gasteiger partial charge in [-0.1, -0.05) is 0 Å². The van der Waals surface area contributed by atoms with Crippen molar-refractivity contribution in [2.24, 2.45) is 0 Å². The van der Waals surface area contributed by atoms with Crippen LogP contribution in [0.1, 0.15) is 26.7 Å². The Morgan fingerprint density at radius 2 is 1.26 bits per heavy atom. The third-order valence-corrected chi connectivity index (χ3v) is 3.34. The SMILES string of the molecule is CC1CC(=O)NC(=O)N1CN1C(=O)NC(=O)CC1C. The Balaban J connectivity index is 2.07. The first-order valence-electron chi connectivity index (χ1n) is 6.09. The zero-order chi connectivity index (χ0) is 14.2. The van der Waals surface area contributed by atoms with Gasteiger partial charge in [0.15, 0.2) is 0 Å². The molecule has 0 aromatic heterocycles. The number of hydrogen-bond donors (Lipinski definition) is 2. The van der Waals surface area contributed by atoms with Gasteiger partial charge in [0.2, 0.25) is 11.8 Å². The number of imide groups is 2. The first-order chi connectivity index (χ1) is 8.88. The summed E-state index contributed by atoms with van der Waals surface area (Å²) in [6, 6.07) is -1.58. The van der Waals surface area contributed by atoms with E-state index < -0.39 is 12.1 Å². The molecule has 2 unspecified atom stereocenters. The smallest absolute Gasteiger partial charge is 0.303 e. The second-order valence-electron chi connectivity index (χ2n) is 4.89. The minimum Gasteiger partial charge on any atom is -0.303 e. The molecule has 19 heavy (non-hydrogen) atoms. The molecule has 2 heterocycles. The van der Waals surface area contributed by atoms with E-state index >= 15 is 0 Å². The lowest BCUT2D eigenvalue weighted by Gasteiger charge is -2.40. The zero-order valence-electron chi connectivity index (χ0n) is 10.8. The van der Waals surface area contributed by atoms with Gasteiger partial charge in [0.1, 0.15) is 0 Å². The molecule has 2 aliphatic heterocycles. The Labute approximate surface area is 110 Å². The molecule has 2 fully saturated rings. The van der Waals surface area contributed by atoms with Crippen molar-refractivity contribution < 1.29 is 19.2 Å². The fraction of sp³-hybridized carbons (Fsp3) is 0.636. The molecule has 2 rings (SSSR count). The molecule has 0 radical (unpaired) electrons. The average molecular weight is 268 g/mol. The predicted octanol–water partition coefficient (Wildman–Crippen LogP) is -0.395. The molecular formula is C11H16N4O4. The molecule has 8 nitrogen and oxygen atoms in total. The van der Waals surface area contributed by atoms with Gasteiger partial charge in [0.25, 0.3) is 0 Å². The van der Waals surface area contributed by atoms with Crippen LogP contribution in [0.2, 0.25) is 0 Å². The number of nitrogens with zero attached hydrogens (tertiary/aromatic N) is 2. The Morgan fingerprint density at radius 1 is 0.895 bits per heavy atom. The lowest BCUT2D eigenvalue weighted by atomic mass is 10.1. The molecule has 0 aliphatic carbocycles. The van der Waals surface area contributed by atoms with Crippen molar-refractivity contribution >= 4 is 23.9 Å². The van der Waals surface area contributed by atoms with E-state index in [1.165, 1.54) is 9.80 Å². The molecule has 2 saturated heterocycles. The molecule has 0 aromatic carbocycles. The van der Waals surface area contributed by atoms with E-state index in [0.717, 1.165) is 0 Å². The summed E-state index contributed by atoms with van der Waals surface area (Å²) < 4.78 is 0. The van der Waals surface area contributed by atoms with E-state index in [4.69, 9.17) is 0 Å². The Kier molecular flexibility index (Phi) is 3.41. The monoisotopic (exact) mass is 268 g/mol. The first-order valence-corrected chi connectivity index (χ1v) is 6.09. The highest BCUT2D eigenvalue weighted by Gasteiger charge is 2.35. The summed E-state index contributed by atoms with van der Waals surface area (Å²) in [5, 5.41) is 4.42. The summed E-state index contributed by atoms with van der Waals surface area (Å²) in [5.74, 6) is -0.639. The maximum Gasteiger partial charge on any atom is 0.325 e. The fourth-order valence-corrected chi connectivity index (χ4v) is 2.21. The van der Waals surface area contributed by atoms with Crippen molar-refractivity contribution in [1.29, 1.82) is 0 Å². The van der Waals surface area contributed by atoms with Crippen LogP contribution >= 0.6 is 0 Å². The van der Waals surface area contributed by atoms with Gasteiger partial charge in [-0.3, -0.25) is 20.2 Å². The van der Waals surface area contributed by atoms with Crippen LogP contribution in [0.4, 0.5) is 9.59 Å². The second kappa shape index (κ2) is 4.87. The number of nitrogens with one attached hydrogen (secondary N) is 2. The van der Waals surface area contributed by atoms with Gasteiger partial charge in [0.05, 0.1) is 6.67 Å². The van der Waals surface area contributed by atoms with Crippen LogP contribution < -0.4 is 10.6 Å². The lowest BCUT2D eigenvalue weighted by Crippen LogP contribution is -2.62. The first kappa shape index (κ1) is 13.3. The van der Waals surface area contributed by atoms with Crippen molar-refractivity contribution in [3.8, 4) is 0 Å². The molecule has 6 amide bonds. The molecule has 8 heteroatoms. The minimum atomic E-state index is -0.513. The van der Waals surface area contributed by atoms with E-state index in [-0.39, 0.29) is 43.4 Å². The van der Waals surface area contributed by atoms with Crippen LogP contribution in [0.25, 0.3) is 0 Å². The number of carbonyl (C=O) groups is 4. The van der Waals surface area contributed by atoms with Crippen molar-refractivity contribution in [2.45, 2.75) is 38.8 Å². The van der Waals surface area contributed by atoms with Gasteiger partial charge in [-0.15, -0.1) is 0 Å². The van der Waals surface area contributed by atoms with Crippen molar-refractivity contribution in [2.75, 3.05) is 6.67 Å². The third-order valence-electron chi connectivity index (χ3n) is 3.34. The van der Waals surface area contributed by atoms with Crippen LogP contribution in [0, 0.1) is 0 Å². The standard InChI is InChI=1S/C11H16N4O4/c1-6-3-8(16)12-10(18)14(6)5-15-7(2)4-9(17)13-11(15)19/h6-7H,3-5H2,1-2H3,(H,12,16,18)(H,13,17,19).